The summed E-state index contributed by atoms with van der Waals surface area (Å²) in [5.41, 5.74) is 2.83. The van der Waals surface area contributed by atoms with Crippen LogP contribution in [0.1, 0.15) is 55.1 Å². The van der Waals surface area contributed by atoms with Crippen molar-refractivity contribution < 1.29 is 18.0 Å². The third-order valence-corrected chi connectivity index (χ3v) is 8.16. The van der Waals surface area contributed by atoms with Crippen molar-refractivity contribution in [1.29, 1.82) is 0 Å². The molecule has 33 heavy (non-hydrogen) atoms. The lowest BCUT2D eigenvalue weighted by atomic mass is 9.87. The molecule has 1 saturated heterocycles. The second-order valence-corrected chi connectivity index (χ2v) is 11.4. The largest absolute Gasteiger partial charge is 0.355 e. The molecule has 0 aliphatic carbocycles. The molecule has 7 nitrogen and oxygen atoms in total. The van der Waals surface area contributed by atoms with Crippen LogP contribution in [0.25, 0.3) is 0 Å². The molecule has 0 unspecified atom stereocenters. The minimum absolute atomic E-state index is 0.0494. The van der Waals surface area contributed by atoms with E-state index in [0.717, 1.165) is 5.56 Å². The van der Waals surface area contributed by atoms with Crippen LogP contribution in [0.5, 0.6) is 0 Å². The zero-order chi connectivity index (χ0) is 24.4. The van der Waals surface area contributed by atoms with Crippen LogP contribution in [0.2, 0.25) is 0 Å². The second-order valence-electron chi connectivity index (χ2n) is 9.50. The number of carbonyl (C=O) groups is 2. The molecule has 1 heterocycles. The molecule has 0 spiro atoms. The summed E-state index contributed by atoms with van der Waals surface area (Å²) in [7, 11) is -2.04. The molecule has 0 bridgehead atoms. The zero-order valence-electron chi connectivity index (χ0n) is 19.9. The summed E-state index contributed by atoms with van der Waals surface area (Å²) in [5.74, 6) is -0.654. The minimum Gasteiger partial charge on any atom is -0.355 e. The van der Waals surface area contributed by atoms with Gasteiger partial charge in [-0.15, -0.1) is 0 Å². The molecule has 2 N–H and O–H groups in total. The number of nitrogens with zero attached hydrogens (tertiary/aromatic N) is 1. The topological polar surface area (TPSA) is 95.6 Å². The molecule has 0 saturated carbocycles. The van der Waals surface area contributed by atoms with Crippen LogP contribution in [-0.4, -0.2) is 44.7 Å². The summed E-state index contributed by atoms with van der Waals surface area (Å²) in [5, 5.41) is 5.51. The van der Waals surface area contributed by atoms with Crippen LogP contribution in [0.15, 0.2) is 47.4 Å². The summed E-state index contributed by atoms with van der Waals surface area (Å²) < 4.78 is 27.6. The Balaban J connectivity index is 1.65. The van der Waals surface area contributed by atoms with E-state index in [1.165, 1.54) is 4.31 Å². The molecule has 2 aromatic rings. The molecule has 1 aliphatic heterocycles. The molecule has 0 atom stereocenters. The van der Waals surface area contributed by atoms with Crippen molar-refractivity contribution in [3.8, 4) is 0 Å². The Labute approximate surface area is 196 Å². The predicted octanol–water partition coefficient (Wildman–Crippen LogP) is 3.69. The first-order chi connectivity index (χ1) is 15.4. The molecule has 8 heteroatoms. The molecular weight excluding hydrogens is 438 g/mol. The molecule has 0 radical (unpaired) electrons. The van der Waals surface area contributed by atoms with Gasteiger partial charge < -0.3 is 10.6 Å². The number of rotatable bonds is 5. The van der Waals surface area contributed by atoms with E-state index in [1.54, 1.807) is 44.3 Å². The zero-order valence-corrected chi connectivity index (χ0v) is 20.8. The fourth-order valence-corrected chi connectivity index (χ4v) is 5.49. The lowest BCUT2D eigenvalue weighted by molar-refractivity contribution is -0.120. The fourth-order valence-electron chi connectivity index (χ4n) is 4.02. The Kier molecular flexibility index (Phi) is 7.29. The van der Waals surface area contributed by atoms with Crippen molar-refractivity contribution in [2.45, 2.75) is 50.8 Å². The summed E-state index contributed by atoms with van der Waals surface area (Å²) in [6, 6.07) is 12.3. The van der Waals surface area contributed by atoms with Crippen molar-refractivity contribution >= 4 is 27.5 Å². The van der Waals surface area contributed by atoms with Crippen molar-refractivity contribution in [1.82, 2.24) is 9.62 Å². The van der Waals surface area contributed by atoms with Crippen LogP contribution >= 0.6 is 0 Å². The Morgan fingerprint density at radius 1 is 1.00 bits per heavy atom. The van der Waals surface area contributed by atoms with Gasteiger partial charge in [-0.05, 0) is 60.6 Å². The van der Waals surface area contributed by atoms with E-state index in [-0.39, 0.29) is 28.0 Å². The highest BCUT2D eigenvalue weighted by molar-refractivity contribution is 7.89. The molecule has 2 amide bonds. The summed E-state index contributed by atoms with van der Waals surface area (Å²) >= 11 is 0. The van der Waals surface area contributed by atoms with Crippen LogP contribution < -0.4 is 10.6 Å². The van der Waals surface area contributed by atoms with Crippen molar-refractivity contribution in [2.75, 3.05) is 25.5 Å². The lowest BCUT2D eigenvalue weighted by Gasteiger charge is -2.31. The van der Waals surface area contributed by atoms with Gasteiger partial charge in [-0.25, -0.2) is 8.42 Å². The maximum atomic E-state index is 13.1. The standard InChI is InChI=1S/C25H33N3O4S/c1-17-21(24(30)26-5)7-6-8-22(17)27-23(29)18-13-15-28(16-14-18)33(31,32)20-11-9-19(10-12-20)25(2,3)4/h6-12,18H,13-16H2,1-5H3,(H,26,30)(H,27,29). The van der Waals surface area contributed by atoms with Gasteiger partial charge in [0, 0.05) is 37.3 Å². The van der Waals surface area contributed by atoms with Crippen molar-refractivity contribution in [3.05, 3.63) is 59.2 Å². The number of hydrogen-bond donors (Lipinski definition) is 2. The van der Waals surface area contributed by atoms with Gasteiger partial charge in [0.1, 0.15) is 0 Å². The Morgan fingerprint density at radius 3 is 2.15 bits per heavy atom. The van der Waals surface area contributed by atoms with Gasteiger partial charge in [-0.1, -0.05) is 39.0 Å². The lowest BCUT2D eigenvalue weighted by Crippen LogP contribution is -2.41. The predicted molar refractivity (Wildman–Crippen MR) is 130 cm³/mol. The minimum atomic E-state index is -3.60. The van der Waals surface area contributed by atoms with E-state index in [1.807, 2.05) is 12.1 Å². The SMILES string of the molecule is CNC(=O)c1cccc(NC(=O)C2CCN(S(=O)(=O)c3ccc(C(C)(C)C)cc3)CC2)c1C. The second kappa shape index (κ2) is 9.65. The number of benzene rings is 2. The monoisotopic (exact) mass is 471 g/mol. The Morgan fingerprint density at radius 2 is 1.61 bits per heavy atom. The average molecular weight is 472 g/mol. The fraction of sp³-hybridized carbons (Fsp3) is 0.440. The number of anilines is 1. The number of carbonyl (C=O) groups excluding carboxylic acids is 2. The van der Waals surface area contributed by atoms with Crippen molar-refractivity contribution in [3.63, 3.8) is 0 Å². The van der Waals surface area contributed by atoms with Crippen LogP contribution in [0.4, 0.5) is 5.69 Å². The van der Waals surface area contributed by atoms with Crippen LogP contribution in [-0.2, 0) is 20.2 Å². The van der Waals surface area contributed by atoms with Crippen LogP contribution in [0.3, 0.4) is 0 Å². The van der Waals surface area contributed by atoms with Gasteiger partial charge in [0.05, 0.1) is 4.90 Å². The van der Waals surface area contributed by atoms with Gasteiger partial charge in [-0.3, -0.25) is 9.59 Å². The highest BCUT2D eigenvalue weighted by Gasteiger charge is 2.32. The summed E-state index contributed by atoms with van der Waals surface area (Å²) in [6.45, 7) is 8.63. The van der Waals surface area contributed by atoms with E-state index >= 15 is 0 Å². The smallest absolute Gasteiger partial charge is 0.251 e. The normalized spacial score (nSPS) is 15.8. The first kappa shape index (κ1) is 24.9. The number of sulfonamides is 1. The molecule has 1 fully saturated rings. The van der Waals surface area contributed by atoms with E-state index in [9.17, 15) is 18.0 Å². The number of nitrogens with one attached hydrogen (secondary N) is 2. The third-order valence-electron chi connectivity index (χ3n) is 6.25. The maximum absolute atomic E-state index is 13.1. The van der Waals surface area contributed by atoms with E-state index < -0.39 is 10.0 Å². The first-order valence-corrected chi connectivity index (χ1v) is 12.6. The molecule has 178 valence electrons. The Bertz CT molecular complexity index is 1130. The molecule has 2 aromatic carbocycles. The van der Waals surface area contributed by atoms with Crippen LogP contribution in [0, 0.1) is 12.8 Å². The molecule has 0 aromatic heterocycles. The number of amides is 2. The molecule has 3 rings (SSSR count). The van der Waals surface area contributed by atoms with Gasteiger partial charge in [0.15, 0.2) is 0 Å². The summed E-state index contributed by atoms with van der Waals surface area (Å²) in [6.07, 6.45) is 0.888. The number of piperidine rings is 1. The average Bonchev–Trinajstić information content (AvgIpc) is 2.79. The van der Waals surface area contributed by atoms with Gasteiger partial charge in [-0.2, -0.15) is 4.31 Å². The third kappa shape index (κ3) is 5.45. The van der Waals surface area contributed by atoms with Crippen molar-refractivity contribution in [2.24, 2.45) is 5.92 Å². The molecular formula is C25H33N3O4S. The van der Waals surface area contributed by atoms with Gasteiger partial charge >= 0.3 is 0 Å². The highest BCUT2D eigenvalue weighted by atomic mass is 32.2. The molecule has 1 aliphatic rings. The van der Waals surface area contributed by atoms with Gasteiger partial charge in [0.25, 0.3) is 5.91 Å². The van der Waals surface area contributed by atoms with Gasteiger partial charge in [0.2, 0.25) is 15.9 Å². The van der Waals surface area contributed by atoms with E-state index in [0.29, 0.717) is 42.7 Å². The maximum Gasteiger partial charge on any atom is 0.251 e. The number of hydrogen-bond acceptors (Lipinski definition) is 4. The van der Waals surface area contributed by atoms with E-state index in [4.69, 9.17) is 0 Å². The Hall–Kier alpha value is -2.71. The first-order valence-electron chi connectivity index (χ1n) is 11.2. The quantitative estimate of drug-likeness (QED) is 0.695. The summed E-state index contributed by atoms with van der Waals surface area (Å²) in [4.78, 5) is 25.1. The van der Waals surface area contributed by atoms with E-state index in [2.05, 4.69) is 31.4 Å². The highest BCUT2D eigenvalue weighted by Crippen LogP contribution is 2.28.